The molecule has 0 bridgehead atoms. The van der Waals surface area contributed by atoms with Crippen LogP contribution in [0.4, 0.5) is 0 Å². The van der Waals surface area contributed by atoms with Crippen LogP contribution in [0.5, 0.6) is 0 Å². The van der Waals surface area contributed by atoms with Crippen LogP contribution in [0.3, 0.4) is 0 Å². The maximum absolute atomic E-state index is 12.0. The molecule has 7 heteroatoms. The predicted molar refractivity (Wildman–Crippen MR) is 60.3 cm³/mol. The molecule has 0 saturated carbocycles. The molecule has 1 saturated heterocycles. The lowest BCUT2D eigenvalue weighted by Gasteiger charge is -2.30. The van der Waals surface area contributed by atoms with Crippen LogP contribution in [-0.4, -0.2) is 52.7 Å². The van der Waals surface area contributed by atoms with Crippen molar-refractivity contribution in [2.24, 2.45) is 0 Å². The first-order valence-corrected chi connectivity index (χ1v) is 5.41. The van der Waals surface area contributed by atoms with Gasteiger partial charge >= 0.3 is 5.97 Å². The highest BCUT2D eigenvalue weighted by atomic mass is 16.5. The van der Waals surface area contributed by atoms with Gasteiger partial charge in [-0.25, -0.2) is 4.79 Å². The van der Waals surface area contributed by atoms with E-state index in [1.54, 1.807) is 6.07 Å². The van der Waals surface area contributed by atoms with Crippen molar-refractivity contribution in [3.63, 3.8) is 0 Å². The summed E-state index contributed by atoms with van der Waals surface area (Å²) in [6.45, 7) is 0.368. The van der Waals surface area contributed by atoms with E-state index in [4.69, 9.17) is 9.84 Å². The summed E-state index contributed by atoms with van der Waals surface area (Å²) in [7, 11) is 0. The minimum atomic E-state index is -1.12. The molecule has 1 aromatic heterocycles. The Morgan fingerprint density at radius 3 is 2.94 bits per heavy atom. The third-order valence-electron chi connectivity index (χ3n) is 2.68. The average molecular weight is 252 g/mol. The number of pyridine rings is 1. The Balaban J connectivity index is 2.17. The number of H-pyrrole nitrogens is 1. The Morgan fingerprint density at radius 1 is 1.50 bits per heavy atom. The Morgan fingerprint density at radius 2 is 2.28 bits per heavy atom. The van der Waals surface area contributed by atoms with Gasteiger partial charge in [0.05, 0.1) is 13.2 Å². The predicted octanol–water partition coefficient (Wildman–Crippen LogP) is -0.699. The molecule has 18 heavy (non-hydrogen) atoms. The van der Waals surface area contributed by atoms with Gasteiger partial charge in [-0.15, -0.1) is 0 Å². The Hall–Kier alpha value is -2.15. The number of nitrogens with zero attached hydrogens (tertiary/aromatic N) is 1. The van der Waals surface area contributed by atoms with E-state index in [1.807, 2.05) is 0 Å². The number of carbonyl (C=O) groups is 2. The van der Waals surface area contributed by atoms with Crippen molar-refractivity contribution >= 4 is 11.9 Å². The molecule has 0 aliphatic carbocycles. The second-order valence-electron chi connectivity index (χ2n) is 3.86. The van der Waals surface area contributed by atoms with Crippen molar-refractivity contribution in [1.82, 2.24) is 9.88 Å². The molecule has 0 radical (unpaired) electrons. The van der Waals surface area contributed by atoms with Crippen LogP contribution < -0.4 is 5.56 Å². The first-order chi connectivity index (χ1) is 8.59. The number of aromatic amines is 1. The zero-order valence-corrected chi connectivity index (χ0v) is 9.46. The summed E-state index contributed by atoms with van der Waals surface area (Å²) in [5.41, 5.74) is -0.482. The fourth-order valence-corrected chi connectivity index (χ4v) is 1.74. The van der Waals surface area contributed by atoms with Gasteiger partial charge in [-0.3, -0.25) is 9.59 Å². The number of ether oxygens (including phenoxy) is 1. The van der Waals surface area contributed by atoms with Crippen LogP contribution in [0, 0.1) is 0 Å². The summed E-state index contributed by atoms with van der Waals surface area (Å²) in [6, 6.07) is 2.95. The van der Waals surface area contributed by atoms with Crippen LogP contribution in [0.25, 0.3) is 0 Å². The topological polar surface area (TPSA) is 99.7 Å². The maximum atomic E-state index is 12.0. The second-order valence-corrected chi connectivity index (χ2v) is 3.86. The monoisotopic (exact) mass is 252 g/mol. The number of nitrogens with one attached hydrogen (secondary N) is 1. The molecule has 1 aromatic rings. The van der Waals surface area contributed by atoms with Crippen molar-refractivity contribution in [3.05, 3.63) is 34.2 Å². The molecule has 1 fully saturated rings. The lowest BCUT2D eigenvalue weighted by Crippen LogP contribution is -2.49. The van der Waals surface area contributed by atoms with E-state index in [0.29, 0.717) is 0 Å². The van der Waals surface area contributed by atoms with E-state index < -0.39 is 23.5 Å². The highest BCUT2D eigenvalue weighted by Gasteiger charge is 2.30. The summed E-state index contributed by atoms with van der Waals surface area (Å²) in [4.78, 5) is 38.0. The first-order valence-electron chi connectivity index (χ1n) is 5.41. The molecule has 7 nitrogen and oxygen atoms in total. The number of hydrogen-bond acceptors (Lipinski definition) is 4. The summed E-state index contributed by atoms with van der Waals surface area (Å²) in [5, 5.41) is 8.83. The lowest BCUT2D eigenvalue weighted by molar-refractivity contribution is -0.154. The van der Waals surface area contributed by atoms with E-state index in [1.165, 1.54) is 17.2 Å². The fraction of sp³-hybridized carbons (Fsp3) is 0.364. The normalized spacial score (nSPS) is 19.6. The smallest absolute Gasteiger partial charge is 0.334 e. The molecule has 1 aliphatic rings. The van der Waals surface area contributed by atoms with Gasteiger partial charge < -0.3 is 19.7 Å². The van der Waals surface area contributed by atoms with E-state index >= 15 is 0 Å². The minimum Gasteiger partial charge on any atom is -0.479 e. The largest absolute Gasteiger partial charge is 0.479 e. The summed E-state index contributed by atoms with van der Waals surface area (Å²) in [6.07, 6.45) is 0.392. The van der Waals surface area contributed by atoms with Crippen LogP contribution in [0.2, 0.25) is 0 Å². The van der Waals surface area contributed by atoms with Gasteiger partial charge in [0.15, 0.2) is 6.10 Å². The molecular formula is C11H12N2O5. The van der Waals surface area contributed by atoms with E-state index in [0.717, 1.165) is 0 Å². The molecule has 1 amide bonds. The van der Waals surface area contributed by atoms with Gasteiger partial charge in [-0.05, 0) is 12.1 Å². The quantitative estimate of drug-likeness (QED) is 0.725. The number of amides is 1. The zero-order chi connectivity index (χ0) is 13.1. The molecule has 96 valence electrons. The van der Waals surface area contributed by atoms with E-state index in [-0.39, 0.29) is 25.3 Å². The number of carbonyl (C=O) groups excluding carboxylic acids is 1. The van der Waals surface area contributed by atoms with E-state index in [2.05, 4.69) is 4.98 Å². The molecular weight excluding hydrogens is 240 g/mol. The second kappa shape index (κ2) is 5.01. The number of carboxylic acids is 1. The number of rotatable bonds is 2. The molecule has 1 atom stereocenters. The van der Waals surface area contributed by atoms with Crippen molar-refractivity contribution in [2.75, 3.05) is 19.7 Å². The zero-order valence-electron chi connectivity index (χ0n) is 9.46. The van der Waals surface area contributed by atoms with Crippen LogP contribution >= 0.6 is 0 Å². The van der Waals surface area contributed by atoms with Crippen LogP contribution in [0.1, 0.15) is 10.4 Å². The number of morpholine rings is 1. The number of aromatic nitrogens is 1. The summed E-state index contributed by atoms with van der Waals surface area (Å²) in [5.74, 6) is -1.60. The van der Waals surface area contributed by atoms with Crippen molar-refractivity contribution in [2.45, 2.75) is 6.10 Å². The highest BCUT2D eigenvalue weighted by Crippen LogP contribution is 2.08. The van der Waals surface area contributed by atoms with E-state index in [9.17, 15) is 14.4 Å². The molecule has 2 heterocycles. The van der Waals surface area contributed by atoms with Crippen molar-refractivity contribution in [3.8, 4) is 0 Å². The fourth-order valence-electron chi connectivity index (χ4n) is 1.74. The van der Waals surface area contributed by atoms with Gasteiger partial charge in [0, 0.05) is 12.7 Å². The Kier molecular flexibility index (Phi) is 3.42. The number of carboxylic acid groups (broad SMARTS) is 1. The Bertz CT molecular complexity index is 524. The van der Waals surface area contributed by atoms with Gasteiger partial charge in [-0.2, -0.15) is 0 Å². The standard InChI is InChI=1S/C11H12N2O5/c14-9-7(2-1-3-12-9)10(15)13-4-5-18-8(6-13)11(16)17/h1-3,8H,4-6H2,(H,12,14)(H,16,17). The average Bonchev–Trinajstić information content (AvgIpc) is 2.38. The lowest BCUT2D eigenvalue weighted by atomic mass is 10.2. The first kappa shape index (κ1) is 12.3. The van der Waals surface area contributed by atoms with Crippen LogP contribution in [-0.2, 0) is 9.53 Å². The van der Waals surface area contributed by atoms with Crippen molar-refractivity contribution < 1.29 is 19.4 Å². The molecule has 0 spiro atoms. The van der Waals surface area contributed by atoms with Gasteiger partial charge in [0.2, 0.25) is 0 Å². The Labute approximate surface area is 102 Å². The van der Waals surface area contributed by atoms with Crippen molar-refractivity contribution in [1.29, 1.82) is 0 Å². The summed E-state index contributed by atoms with van der Waals surface area (Å²) < 4.78 is 5.01. The minimum absolute atomic E-state index is 0.00328. The molecule has 1 aliphatic heterocycles. The van der Waals surface area contributed by atoms with Gasteiger partial charge in [0.25, 0.3) is 11.5 Å². The van der Waals surface area contributed by atoms with Gasteiger partial charge in [-0.1, -0.05) is 0 Å². The highest BCUT2D eigenvalue weighted by molar-refractivity contribution is 5.94. The molecule has 1 unspecified atom stereocenters. The number of aliphatic carboxylic acids is 1. The third kappa shape index (κ3) is 2.40. The third-order valence-corrected chi connectivity index (χ3v) is 2.68. The summed E-state index contributed by atoms with van der Waals surface area (Å²) >= 11 is 0. The van der Waals surface area contributed by atoms with Gasteiger partial charge in [0.1, 0.15) is 5.56 Å². The SMILES string of the molecule is O=C(O)C1CN(C(=O)c2ccc[nH]c2=O)CCO1. The van der Waals surface area contributed by atoms with Crippen LogP contribution in [0.15, 0.2) is 23.1 Å². The maximum Gasteiger partial charge on any atom is 0.334 e. The molecule has 2 N–H and O–H groups in total. The molecule has 2 rings (SSSR count). The molecule has 0 aromatic carbocycles. The number of hydrogen-bond donors (Lipinski definition) is 2.